The molecular formula is C25H32ClN. The van der Waals surface area contributed by atoms with E-state index in [0.29, 0.717) is 17.9 Å². The molecule has 4 rings (SSSR count). The monoisotopic (exact) mass is 381 g/mol. The third-order valence-corrected chi connectivity index (χ3v) is 7.03. The van der Waals surface area contributed by atoms with E-state index in [9.17, 15) is 0 Å². The first-order valence-corrected chi connectivity index (χ1v) is 11.2. The maximum atomic E-state index is 6.70. The summed E-state index contributed by atoms with van der Waals surface area (Å²) >= 11 is 6.70. The van der Waals surface area contributed by atoms with E-state index in [1.165, 1.54) is 55.2 Å². The number of nitrogens with one attached hydrogen (secondary N) is 1. The standard InChI is InChI=1S/C25H32ClN/c1-18(27-15-14-19-8-4-2-5-9-19)23-17-24(23)21-12-13-22(25(26)16-21)20-10-6-3-7-11-20/h2,4-5,8-9,12-13,16,18,20,23-24,27H,3,6-7,10-11,14-15,17H2,1H3. The van der Waals surface area contributed by atoms with Gasteiger partial charge in [-0.1, -0.05) is 73.3 Å². The summed E-state index contributed by atoms with van der Waals surface area (Å²) in [5.41, 5.74) is 4.25. The fourth-order valence-corrected chi connectivity index (χ4v) is 5.25. The minimum Gasteiger partial charge on any atom is -0.314 e. The van der Waals surface area contributed by atoms with E-state index in [1.54, 1.807) is 0 Å². The molecule has 1 nitrogen and oxygen atoms in total. The van der Waals surface area contributed by atoms with Crippen molar-refractivity contribution < 1.29 is 0 Å². The van der Waals surface area contributed by atoms with E-state index >= 15 is 0 Å². The van der Waals surface area contributed by atoms with Crippen LogP contribution in [0.25, 0.3) is 0 Å². The molecule has 2 aliphatic rings. The summed E-state index contributed by atoms with van der Waals surface area (Å²) in [6.07, 6.45) is 9.13. The molecule has 144 valence electrons. The Kier molecular flexibility index (Phi) is 6.20. The van der Waals surface area contributed by atoms with Gasteiger partial charge in [-0.2, -0.15) is 0 Å². The first-order valence-electron chi connectivity index (χ1n) is 10.8. The molecule has 0 spiro atoms. The first kappa shape index (κ1) is 19.0. The van der Waals surface area contributed by atoms with Crippen LogP contribution in [0.5, 0.6) is 0 Å². The van der Waals surface area contributed by atoms with Gasteiger partial charge in [-0.25, -0.2) is 0 Å². The molecule has 0 saturated heterocycles. The van der Waals surface area contributed by atoms with Crippen molar-refractivity contribution in [3.8, 4) is 0 Å². The molecule has 0 aliphatic heterocycles. The largest absolute Gasteiger partial charge is 0.314 e. The Labute approximate surface area is 169 Å². The molecule has 3 atom stereocenters. The van der Waals surface area contributed by atoms with Gasteiger partial charge in [-0.15, -0.1) is 0 Å². The second kappa shape index (κ2) is 8.80. The SMILES string of the molecule is CC(NCCc1ccccc1)C1CC1c1ccc(C2CCCCC2)c(Cl)c1. The van der Waals surface area contributed by atoms with Gasteiger partial charge in [-0.3, -0.25) is 0 Å². The summed E-state index contributed by atoms with van der Waals surface area (Å²) in [4.78, 5) is 0. The fourth-order valence-electron chi connectivity index (χ4n) is 4.91. The maximum absolute atomic E-state index is 6.70. The second-order valence-corrected chi connectivity index (χ2v) is 9.01. The van der Waals surface area contributed by atoms with E-state index in [0.717, 1.165) is 23.9 Å². The van der Waals surface area contributed by atoms with Crippen LogP contribution in [0.4, 0.5) is 0 Å². The van der Waals surface area contributed by atoms with Gasteiger partial charge in [0.2, 0.25) is 0 Å². The van der Waals surface area contributed by atoms with E-state index in [2.05, 4.69) is 60.8 Å². The van der Waals surface area contributed by atoms with Crippen LogP contribution in [0.1, 0.15) is 74.0 Å². The Hall–Kier alpha value is -1.31. The smallest absolute Gasteiger partial charge is 0.0443 e. The highest BCUT2D eigenvalue weighted by Crippen LogP contribution is 2.50. The summed E-state index contributed by atoms with van der Waals surface area (Å²) in [5.74, 6) is 2.12. The first-order chi connectivity index (χ1) is 13.2. The third kappa shape index (κ3) is 4.76. The number of rotatable bonds is 7. The lowest BCUT2D eigenvalue weighted by Gasteiger charge is -2.23. The van der Waals surface area contributed by atoms with Crippen molar-refractivity contribution >= 4 is 11.6 Å². The highest BCUT2D eigenvalue weighted by molar-refractivity contribution is 6.31. The van der Waals surface area contributed by atoms with Crippen LogP contribution < -0.4 is 5.32 Å². The van der Waals surface area contributed by atoms with Crippen molar-refractivity contribution in [2.45, 2.75) is 69.7 Å². The highest BCUT2D eigenvalue weighted by atomic mass is 35.5. The second-order valence-electron chi connectivity index (χ2n) is 8.60. The summed E-state index contributed by atoms with van der Waals surface area (Å²) < 4.78 is 0. The van der Waals surface area contributed by atoms with Crippen LogP contribution >= 0.6 is 11.6 Å². The predicted molar refractivity (Wildman–Crippen MR) is 116 cm³/mol. The van der Waals surface area contributed by atoms with Crippen LogP contribution in [0.3, 0.4) is 0 Å². The molecule has 2 fully saturated rings. The Balaban J connectivity index is 1.29. The molecule has 2 aliphatic carbocycles. The Morgan fingerprint density at radius 2 is 1.81 bits per heavy atom. The normalized spacial score (nSPS) is 23.9. The summed E-state index contributed by atoms with van der Waals surface area (Å²) in [5, 5.41) is 4.75. The van der Waals surface area contributed by atoms with Gasteiger partial charge in [0.15, 0.2) is 0 Å². The van der Waals surface area contributed by atoms with Gasteiger partial charge in [0.25, 0.3) is 0 Å². The van der Waals surface area contributed by atoms with Crippen LogP contribution in [0.2, 0.25) is 5.02 Å². The van der Waals surface area contributed by atoms with Crippen molar-refractivity contribution in [2.24, 2.45) is 5.92 Å². The maximum Gasteiger partial charge on any atom is 0.0443 e. The van der Waals surface area contributed by atoms with Gasteiger partial charge in [-0.05, 0) is 79.7 Å². The minimum absolute atomic E-state index is 0.565. The molecule has 2 heteroatoms. The number of hydrogen-bond acceptors (Lipinski definition) is 1. The van der Waals surface area contributed by atoms with Gasteiger partial charge in [0.1, 0.15) is 0 Å². The molecule has 0 aromatic heterocycles. The quantitative estimate of drug-likeness (QED) is 0.561. The van der Waals surface area contributed by atoms with Crippen LogP contribution in [-0.2, 0) is 6.42 Å². The Bertz CT molecular complexity index is 735. The van der Waals surface area contributed by atoms with Gasteiger partial charge in [0.05, 0.1) is 0 Å². The highest BCUT2D eigenvalue weighted by Gasteiger charge is 2.42. The van der Waals surface area contributed by atoms with Crippen molar-refractivity contribution in [2.75, 3.05) is 6.54 Å². The summed E-state index contributed by atoms with van der Waals surface area (Å²) in [6.45, 7) is 3.39. The number of benzene rings is 2. The molecule has 2 saturated carbocycles. The van der Waals surface area contributed by atoms with Crippen molar-refractivity contribution in [1.29, 1.82) is 0 Å². The van der Waals surface area contributed by atoms with Crippen molar-refractivity contribution in [3.05, 3.63) is 70.2 Å². The molecule has 27 heavy (non-hydrogen) atoms. The lowest BCUT2D eigenvalue weighted by atomic mass is 9.83. The zero-order valence-electron chi connectivity index (χ0n) is 16.5. The van der Waals surface area contributed by atoms with Crippen LogP contribution in [-0.4, -0.2) is 12.6 Å². The zero-order chi connectivity index (χ0) is 18.6. The fraction of sp³-hybridized carbons (Fsp3) is 0.520. The van der Waals surface area contributed by atoms with Gasteiger partial charge in [0, 0.05) is 11.1 Å². The molecule has 0 bridgehead atoms. The molecule has 1 N–H and O–H groups in total. The Morgan fingerprint density at radius 3 is 2.56 bits per heavy atom. The molecule has 0 radical (unpaired) electrons. The van der Waals surface area contributed by atoms with Crippen LogP contribution in [0.15, 0.2) is 48.5 Å². The molecule has 0 amide bonds. The van der Waals surface area contributed by atoms with Gasteiger partial charge >= 0.3 is 0 Å². The predicted octanol–water partition coefficient (Wildman–Crippen LogP) is 6.71. The van der Waals surface area contributed by atoms with Gasteiger partial charge < -0.3 is 5.32 Å². The molecule has 2 aromatic carbocycles. The number of halogens is 1. The molecule has 2 aromatic rings. The van der Waals surface area contributed by atoms with Crippen molar-refractivity contribution in [3.63, 3.8) is 0 Å². The van der Waals surface area contributed by atoms with E-state index in [4.69, 9.17) is 11.6 Å². The zero-order valence-corrected chi connectivity index (χ0v) is 17.2. The molecule has 0 heterocycles. The number of hydrogen-bond donors (Lipinski definition) is 1. The Morgan fingerprint density at radius 1 is 1.04 bits per heavy atom. The third-order valence-electron chi connectivity index (χ3n) is 6.70. The topological polar surface area (TPSA) is 12.0 Å². The summed E-state index contributed by atoms with van der Waals surface area (Å²) in [6, 6.07) is 18.3. The average molecular weight is 382 g/mol. The van der Waals surface area contributed by atoms with Crippen molar-refractivity contribution in [1.82, 2.24) is 5.32 Å². The van der Waals surface area contributed by atoms with E-state index in [-0.39, 0.29) is 0 Å². The van der Waals surface area contributed by atoms with E-state index in [1.807, 2.05) is 0 Å². The van der Waals surface area contributed by atoms with E-state index < -0.39 is 0 Å². The lowest BCUT2D eigenvalue weighted by Crippen LogP contribution is -2.30. The van der Waals surface area contributed by atoms with Crippen LogP contribution in [0, 0.1) is 5.92 Å². The molecular weight excluding hydrogens is 350 g/mol. The molecule has 3 unspecified atom stereocenters. The summed E-state index contributed by atoms with van der Waals surface area (Å²) in [7, 11) is 0. The average Bonchev–Trinajstić information content (AvgIpc) is 3.50. The minimum atomic E-state index is 0.565. The lowest BCUT2D eigenvalue weighted by molar-refractivity contribution is 0.443.